The van der Waals surface area contributed by atoms with Crippen LogP contribution in [0.3, 0.4) is 0 Å². The van der Waals surface area contributed by atoms with Crippen LogP contribution in [0.15, 0.2) is 11.6 Å². The monoisotopic (exact) mass is 527 g/mol. The number of hydrogen-bond donors (Lipinski definition) is 1. The molecular formula is C32H49NO5. The molecule has 0 bridgehead atoms. The summed E-state index contributed by atoms with van der Waals surface area (Å²) >= 11 is 0. The van der Waals surface area contributed by atoms with Crippen molar-refractivity contribution in [2.45, 2.75) is 99.3 Å². The molecule has 0 radical (unpaired) electrons. The third-order valence-corrected chi connectivity index (χ3v) is 13.1. The maximum Gasteiger partial charge on any atom is 0.312 e. The molecule has 1 N–H and O–H groups in total. The van der Waals surface area contributed by atoms with Crippen molar-refractivity contribution in [1.82, 2.24) is 5.48 Å². The largest absolute Gasteiger partial charge is 0.469 e. The van der Waals surface area contributed by atoms with Crippen LogP contribution >= 0.6 is 0 Å². The predicted molar refractivity (Wildman–Crippen MR) is 146 cm³/mol. The molecule has 0 saturated heterocycles. The van der Waals surface area contributed by atoms with Crippen LogP contribution in [-0.2, 0) is 24.0 Å². The molecule has 4 saturated carbocycles. The average Bonchev–Trinajstić information content (AvgIpc) is 2.86. The molecule has 0 aromatic heterocycles. The highest BCUT2D eigenvalue weighted by molar-refractivity contribution is 5.96. The Morgan fingerprint density at radius 2 is 1.66 bits per heavy atom. The van der Waals surface area contributed by atoms with Gasteiger partial charge in [-0.15, -0.1) is 0 Å². The van der Waals surface area contributed by atoms with E-state index in [4.69, 9.17) is 9.57 Å². The third-order valence-electron chi connectivity index (χ3n) is 13.1. The first-order valence-electron chi connectivity index (χ1n) is 14.8. The molecule has 4 fully saturated rings. The van der Waals surface area contributed by atoms with Crippen LogP contribution < -0.4 is 5.48 Å². The number of fused-ring (bicyclic) bond motifs is 7. The Labute approximate surface area is 229 Å². The first-order chi connectivity index (χ1) is 17.7. The highest BCUT2D eigenvalue weighted by Gasteiger charge is 2.71. The normalized spacial score (nSPS) is 47.7. The molecule has 5 aliphatic rings. The lowest BCUT2D eigenvalue weighted by atomic mass is 9.34. The van der Waals surface area contributed by atoms with Gasteiger partial charge in [-0.25, -0.2) is 5.48 Å². The number of carbonyl (C=O) groups is 3. The van der Waals surface area contributed by atoms with Crippen LogP contribution in [0.2, 0.25) is 0 Å². The van der Waals surface area contributed by atoms with Crippen LogP contribution in [0.5, 0.6) is 0 Å². The summed E-state index contributed by atoms with van der Waals surface area (Å²) in [5.74, 6) is 0.342. The standard InChI is InChI=1S/C32H49NO5/c1-27(2)13-15-32(26(36)37-7)16-14-31(6)25(20(32)18-27)21(34)17-23-28(3)11-10-24(35)29(4,19-33-38-8)22(28)9-12-30(23,31)5/h17,20,22,25,33H,9-16,18-19H2,1-8H3/t20-,22?,25-,28-,29-,30+,31+,32-/m0/s1. The van der Waals surface area contributed by atoms with Gasteiger partial charge in [-0.1, -0.05) is 47.1 Å². The maximum atomic E-state index is 14.4. The van der Waals surface area contributed by atoms with Crippen molar-refractivity contribution in [3.63, 3.8) is 0 Å². The molecule has 5 aliphatic carbocycles. The summed E-state index contributed by atoms with van der Waals surface area (Å²) in [6.45, 7) is 14.2. The van der Waals surface area contributed by atoms with Gasteiger partial charge in [0.15, 0.2) is 5.78 Å². The SMILES string of the molecule is CONC[C@]1(C)C(=O)CC[C@]2(C)C3=CC(=O)[C@@H]4[C@@H]5CC(C)(C)CC[C@]5(C(=O)OC)CC[C@@]4(C)[C@]3(C)CCC12. The zero-order valence-electron chi connectivity index (χ0n) is 24.9. The van der Waals surface area contributed by atoms with Crippen LogP contribution in [0.25, 0.3) is 0 Å². The minimum Gasteiger partial charge on any atom is -0.469 e. The Morgan fingerprint density at radius 1 is 0.974 bits per heavy atom. The molecule has 6 heteroatoms. The fourth-order valence-electron chi connectivity index (χ4n) is 10.6. The molecule has 1 unspecified atom stereocenters. The van der Waals surface area contributed by atoms with E-state index in [2.05, 4.69) is 47.0 Å². The van der Waals surface area contributed by atoms with E-state index < -0.39 is 10.8 Å². The van der Waals surface area contributed by atoms with Gasteiger partial charge in [0.2, 0.25) is 0 Å². The Bertz CT molecular complexity index is 1080. The lowest BCUT2D eigenvalue weighted by Gasteiger charge is -2.69. The number of hydroxylamine groups is 1. The molecular weight excluding hydrogens is 478 g/mol. The van der Waals surface area contributed by atoms with Gasteiger partial charge in [0, 0.05) is 24.3 Å². The van der Waals surface area contributed by atoms with E-state index in [0.717, 1.165) is 51.4 Å². The summed E-state index contributed by atoms with van der Waals surface area (Å²) in [6, 6.07) is 0. The summed E-state index contributed by atoms with van der Waals surface area (Å²) in [5, 5.41) is 0. The van der Waals surface area contributed by atoms with Gasteiger partial charge in [0.25, 0.3) is 0 Å². The molecule has 0 aromatic rings. The van der Waals surface area contributed by atoms with E-state index in [1.165, 1.54) is 12.7 Å². The second kappa shape index (κ2) is 8.73. The zero-order chi connectivity index (χ0) is 27.9. The van der Waals surface area contributed by atoms with Crippen LogP contribution in [0, 0.1) is 50.2 Å². The molecule has 5 rings (SSSR count). The fourth-order valence-corrected chi connectivity index (χ4v) is 10.6. The maximum absolute atomic E-state index is 14.4. The Morgan fingerprint density at radius 3 is 2.32 bits per heavy atom. The minimum atomic E-state index is -0.561. The number of esters is 1. The number of hydrogen-bond acceptors (Lipinski definition) is 6. The summed E-state index contributed by atoms with van der Waals surface area (Å²) in [4.78, 5) is 46.4. The van der Waals surface area contributed by atoms with Crippen molar-refractivity contribution in [2.75, 3.05) is 20.8 Å². The van der Waals surface area contributed by atoms with Gasteiger partial charge in [0.05, 0.1) is 19.6 Å². The first-order valence-corrected chi connectivity index (χ1v) is 14.8. The molecule has 212 valence electrons. The smallest absolute Gasteiger partial charge is 0.312 e. The van der Waals surface area contributed by atoms with Crippen molar-refractivity contribution >= 4 is 17.5 Å². The highest BCUT2D eigenvalue weighted by atomic mass is 16.6. The first kappa shape index (κ1) is 28.0. The fraction of sp³-hybridized carbons (Fsp3) is 0.844. The van der Waals surface area contributed by atoms with Gasteiger partial charge in [-0.05, 0) is 90.9 Å². The van der Waals surface area contributed by atoms with Gasteiger partial charge in [0.1, 0.15) is 5.78 Å². The molecule has 0 spiro atoms. The second-order valence-electron chi connectivity index (χ2n) is 15.2. The minimum absolute atomic E-state index is 0.00536. The van der Waals surface area contributed by atoms with E-state index in [1.807, 2.05) is 6.08 Å². The molecule has 6 nitrogen and oxygen atoms in total. The number of methoxy groups -OCH3 is 1. The van der Waals surface area contributed by atoms with Crippen LogP contribution in [-0.4, -0.2) is 38.3 Å². The van der Waals surface area contributed by atoms with E-state index in [1.54, 1.807) is 7.11 Å². The number of rotatable bonds is 4. The number of allylic oxidation sites excluding steroid dienone is 2. The van der Waals surface area contributed by atoms with Crippen molar-refractivity contribution in [3.05, 3.63) is 11.6 Å². The summed E-state index contributed by atoms with van der Waals surface area (Å²) in [5.41, 5.74) is 2.63. The summed E-state index contributed by atoms with van der Waals surface area (Å²) in [6.07, 6.45) is 9.53. The third kappa shape index (κ3) is 3.47. The number of ketones is 2. The Balaban J connectivity index is 1.62. The van der Waals surface area contributed by atoms with Crippen molar-refractivity contribution in [3.8, 4) is 0 Å². The Hall–Kier alpha value is -1.53. The number of carbonyl (C=O) groups excluding carboxylic acids is 3. The second-order valence-corrected chi connectivity index (χ2v) is 15.2. The average molecular weight is 528 g/mol. The zero-order valence-corrected chi connectivity index (χ0v) is 24.9. The van der Waals surface area contributed by atoms with Gasteiger partial charge >= 0.3 is 5.97 Å². The molecule has 0 heterocycles. The van der Waals surface area contributed by atoms with E-state index >= 15 is 0 Å². The van der Waals surface area contributed by atoms with E-state index in [9.17, 15) is 14.4 Å². The molecule has 0 aliphatic heterocycles. The quantitative estimate of drug-likeness (QED) is 0.365. The predicted octanol–water partition coefficient (Wildman–Crippen LogP) is 5.84. The summed E-state index contributed by atoms with van der Waals surface area (Å²) in [7, 11) is 3.10. The van der Waals surface area contributed by atoms with E-state index in [-0.39, 0.29) is 51.2 Å². The van der Waals surface area contributed by atoms with Crippen LogP contribution in [0.1, 0.15) is 99.3 Å². The molecule has 0 aromatic carbocycles. The molecule has 0 amide bonds. The van der Waals surface area contributed by atoms with Crippen molar-refractivity contribution < 1.29 is 24.0 Å². The number of Topliss-reactive ketones (excluding diaryl/α,β-unsaturated/α-hetero) is 1. The highest BCUT2D eigenvalue weighted by Crippen LogP contribution is 2.75. The van der Waals surface area contributed by atoms with E-state index in [0.29, 0.717) is 18.7 Å². The summed E-state index contributed by atoms with van der Waals surface area (Å²) < 4.78 is 5.44. The van der Waals surface area contributed by atoms with Gasteiger partial charge in [-0.2, -0.15) is 0 Å². The van der Waals surface area contributed by atoms with Crippen molar-refractivity contribution in [2.24, 2.45) is 50.2 Å². The number of ether oxygens (including phenoxy) is 1. The number of nitrogens with one attached hydrogen (secondary N) is 1. The van der Waals surface area contributed by atoms with Gasteiger partial charge in [-0.3, -0.25) is 14.4 Å². The lowest BCUT2D eigenvalue weighted by molar-refractivity contribution is -0.193. The van der Waals surface area contributed by atoms with Gasteiger partial charge < -0.3 is 9.57 Å². The Kier molecular flexibility index (Phi) is 6.44. The molecule has 38 heavy (non-hydrogen) atoms. The molecule has 8 atom stereocenters. The lowest BCUT2D eigenvalue weighted by Crippen LogP contribution is -2.66. The van der Waals surface area contributed by atoms with Crippen molar-refractivity contribution in [1.29, 1.82) is 0 Å². The van der Waals surface area contributed by atoms with Crippen LogP contribution in [0.4, 0.5) is 0 Å². The topological polar surface area (TPSA) is 81.7 Å².